The minimum atomic E-state index is 0.723. The highest BCUT2D eigenvalue weighted by molar-refractivity contribution is 14.1. The van der Waals surface area contributed by atoms with E-state index in [2.05, 4.69) is 46.7 Å². The summed E-state index contributed by atoms with van der Waals surface area (Å²) in [5, 5.41) is 0. The third kappa shape index (κ3) is 3.35. The van der Waals surface area contributed by atoms with E-state index in [9.17, 15) is 0 Å². The molecule has 0 amide bonds. The van der Waals surface area contributed by atoms with E-state index in [1.54, 1.807) is 0 Å². The van der Waals surface area contributed by atoms with Gasteiger partial charge >= 0.3 is 0 Å². The predicted octanol–water partition coefficient (Wildman–Crippen LogP) is 1.91. The lowest BCUT2D eigenvalue weighted by molar-refractivity contribution is 0.922. The van der Waals surface area contributed by atoms with Gasteiger partial charge in [-0.2, -0.15) is 0 Å². The molecule has 0 radical (unpaired) electrons. The molecule has 0 heterocycles. The van der Waals surface area contributed by atoms with Gasteiger partial charge in [-0.05, 0) is 7.05 Å². The van der Waals surface area contributed by atoms with Crippen LogP contribution in [0.5, 0.6) is 0 Å². The number of nitrogens with zero attached hydrogens (tertiary/aromatic N) is 1. The van der Waals surface area contributed by atoms with E-state index >= 15 is 0 Å². The maximum atomic E-state index is 2.30. The molecule has 0 unspecified atom stereocenters. The Bertz CT molecular complexity index is 49.0. The highest BCUT2D eigenvalue weighted by Crippen LogP contribution is 2.01. The number of rotatable bonds is 2. The average molecular weight is 211 g/mol. The van der Waals surface area contributed by atoms with Crippen LogP contribution in [0.3, 0.4) is 0 Å². The second-order valence-electron chi connectivity index (χ2n) is 1.78. The van der Waals surface area contributed by atoms with Gasteiger partial charge in [-0.1, -0.05) is 20.1 Å². The molecule has 0 aromatic rings. The summed E-state index contributed by atoms with van der Waals surface area (Å²) in [6.45, 7) is 5.13. The highest BCUT2D eigenvalue weighted by Gasteiger charge is 2.05. The van der Waals surface area contributed by atoms with Crippen molar-refractivity contribution < 1.29 is 0 Å². The quantitative estimate of drug-likeness (QED) is 0.383. The summed E-state index contributed by atoms with van der Waals surface area (Å²) in [5.74, 6) is 0. The molecule has 0 saturated carbocycles. The first-order valence-corrected chi connectivity index (χ1v) is 3.53. The third-order valence-electron chi connectivity index (χ3n) is 1.20. The Morgan fingerprint density at radius 2 is 2.14 bits per heavy atom. The lowest BCUT2D eigenvalue weighted by Gasteiger charge is -2.09. The second kappa shape index (κ2) is 3.72. The Morgan fingerprint density at radius 3 is 2.14 bits per heavy atom. The zero-order chi connectivity index (χ0) is 5.86. The maximum absolute atomic E-state index is 2.30. The van der Waals surface area contributed by atoms with Crippen molar-refractivity contribution in [2.24, 2.45) is 0 Å². The fourth-order valence-corrected chi connectivity index (χ4v) is 0.645. The molecule has 1 nitrogen and oxygen atoms in total. The van der Waals surface area contributed by atoms with Gasteiger partial charge in [0.25, 0.3) is 0 Å². The van der Waals surface area contributed by atoms with Gasteiger partial charge in [0.1, 0.15) is 0 Å². The van der Waals surface area contributed by atoms with Gasteiger partial charge in [-0.15, -0.1) is 0 Å². The monoisotopic (exact) mass is 211 g/mol. The third-order valence-corrected chi connectivity index (χ3v) is 2.15. The molecule has 0 aromatic carbocycles. The fourth-order valence-electron chi connectivity index (χ4n) is 0.252. The van der Waals surface area contributed by atoms with Crippen LogP contribution in [0, 0.1) is 0 Å². The topological polar surface area (TPSA) is 3.24 Å². The standard InChI is InChI=1S/C4H11BIN/c1-4-5(2)7(3)6/h4H2,1-3H3. The van der Waals surface area contributed by atoms with Gasteiger partial charge < -0.3 is 0 Å². The Morgan fingerprint density at radius 1 is 1.71 bits per heavy atom. The van der Waals surface area contributed by atoms with Crippen LogP contribution in [0.4, 0.5) is 0 Å². The first-order chi connectivity index (χ1) is 3.18. The van der Waals surface area contributed by atoms with Crippen LogP contribution in [0.25, 0.3) is 0 Å². The molecule has 0 aliphatic rings. The van der Waals surface area contributed by atoms with Crippen LogP contribution in [-0.2, 0) is 0 Å². The Hall–Kier alpha value is 0.755. The van der Waals surface area contributed by atoms with Gasteiger partial charge in [0.05, 0.1) is 0 Å². The number of halogens is 1. The first kappa shape index (κ1) is 7.75. The summed E-state index contributed by atoms with van der Waals surface area (Å²) < 4.78 is 2.19. The lowest BCUT2D eigenvalue weighted by Crippen LogP contribution is -2.22. The molecule has 0 aliphatic carbocycles. The van der Waals surface area contributed by atoms with E-state index in [1.807, 2.05) is 0 Å². The molecular weight excluding hydrogens is 200 g/mol. The zero-order valence-electron chi connectivity index (χ0n) is 5.11. The summed E-state index contributed by atoms with van der Waals surface area (Å²) in [5.41, 5.74) is 0. The van der Waals surface area contributed by atoms with Crippen molar-refractivity contribution in [1.29, 1.82) is 0 Å². The van der Waals surface area contributed by atoms with E-state index in [0.717, 1.165) is 6.85 Å². The van der Waals surface area contributed by atoms with Crippen LogP contribution in [0.1, 0.15) is 6.92 Å². The van der Waals surface area contributed by atoms with Crippen molar-refractivity contribution in [2.45, 2.75) is 20.1 Å². The molecule has 0 fully saturated rings. The molecule has 0 saturated heterocycles. The minimum absolute atomic E-state index is 0.723. The summed E-state index contributed by atoms with van der Waals surface area (Å²) in [6.07, 6.45) is 1.24. The van der Waals surface area contributed by atoms with Crippen molar-refractivity contribution >= 4 is 29.7 Å². The molecule has 42 valence electrons. The molecule has 3 heteroatoms. The number of hydrogen-bond donors (Lipinski definition) is 0. The van der Waals surface area contributed by atoms with E-state index < -0.39 is 0 Å². The van der Waals surface area contributed by atoms with Crippen LogP contribution >= 0.6 is 22.9 Å². The Kier molecular flexibility index (Phi) is 4.12. The SMILES string of the molecule is CCB(C)N(C)I. The van der Waals surface area contributed by atoms with Crippen molar-refractivity contribution in [3.63, 3.8) is 0 Å². The summed E-state index contributed by atoms with van der Waals surface area (Å²) in [7, 11) is 2.09. The van der Waals surface area contributed by atoms with Crippen molar-refractivity contribution in [3.8, 4) is 0 Å². The van der Waals surface area contributed by atoms with Crippen molar-refractivity contribution in [2.75, 3.05) is 7.05 Å². The van der Waals surface area contributed by atoms with Crippen LogP contribution in [0.2, 0.25) is 13.1 Å². The van der Waals surface area contributed by atoms with Gasteiger partial charge in [0, 0.05) is 22.9 Å². The van der Waals surface area contributed by atoms with Crippen LogP contribution in [-0.4, -0.2) is 16.9 Å². The van der Waals surface area contributed by atoms with Gasteiger partial charge in [-0.25, -0.2) is 0 Å². The molecule has 7 heavy (non-hydrogen) atoms. The molecule has 0 spiro atoms. The minimum Gasteiger partial charge on any atom is -0.289 e. The fraction of sp³-hybridized carbons (Fsp3) is 1.00. The van der Waals surface area contributed by atoms with E-state index in [-0.39, 0.29) is 0 Å². The molecule has 0 aliphatic heterocycles. The van der Waals surface area contributed by atoms with Crippen molar-refractivity contribution in [3.05, 3.63) is 0 Å². The maximum Gasteiger partial charge on any atom is 0.230 e. The normalized spacial score (nSPS) is 9.86. The van der Waals surface area contributed by atoms with Gasteiger partial charge in [0.15, 0.2) is 0 Å². The Labute approximate surface area is 60.1 Å². The van der Waals surface area contributed by atoms with Crippen LogP contribution in [0.15, 0.2) is 0 Å². The molecule has 0 N–H and O–H groups in total. The molecule has 0 atom stereocenters. The molecular formula is C4H11BIN. The average Bonchev–Trinajstić information content (AvgIpc) is 1.65. The van der Waals surface area contributed by atoms with E-state index in [4.69, 9.17) is 0 Å². The van der Waals surface area contributed by atoms with Crippen LogP contribution < -0.4 is 0 Å². The zero-order valence-corrected chi connectivity index (χ0v) is 7.27. The lowest BCUT2D eigenvalue weighted by atomic mass is 9.63. The van der Waals surface area contributed by atoms with E-state index in [1.165, 1.54) is 6.32 Å². The summed E-state index contributed by atoms with van der Waals surface area (Å²) >= 11 is 2.30. The first-order valence-electron chi connectivity index (χ1n) is 2.57. The van der Waals surface area contributed by atoms with Gasteiger partial charge in [0.2, 0.25) is 6.85 Å². The molecule has 0 aromatic heterocycles. The largest absolute Gasteiger partial charge is 0.289 e. The van der Waals surface area contributed by atoms with Gasteiger partial charge in [-0.3, -0.25) is 3.02 Å². The van der Waals surface area contributed by atoms with E-state index in [0.29, 0.717) is 0 Å². The Balaban J connectivity index is 3.14. The van der Waals surface area contributed by atoms with Crippen molar-refractivity contribution in [1.82, 2.24) is 3.02 Å². The second-order valence-corrected chi connectivity index (χ2v) is 3.30. The smallest absolute Gasteiger partial charge is 0.230 e. The predicted molar refractivity (Wildman–Crippen MR) is 43.9 cm³/mol. The summed E-state index contributed by atoms with van der Waals surface area (Å²) in [4.78, 5) is 0. The highest BCUT2D eigenvalue weighted by atomic mass is 127. The molecule has 0 rings (SSSR count). The summed E-state index contributed by atoms with van der Waals surface area (Å²) in [6, 6.07) is 0. The molecule has 0 bridgehead atoms. The number of hydrogen-bond acceptors (Lipinski definition) is 1.